The van der Waals surface area contributed by atoms with Crippen LogP contribution in [0.2, 0.25) is 0 Å². The lowest BCUT2D eigenvalue weighted by atomic mass is 9.90. The van der Waals surface area contributed by atoms with E-state index >= 15 is 0 Å². The molecule has 20 heavy (non-hydrogen) atoms. The Kier molecular flexibility index (Phi) is 3.41. The van der Waals surface area contributed by atoms with E-state index in [0.29, 0.717) is 31.0 Å². The van der Waals surface area contributed by atoms with Crippen LogP contribution in [0.1, 0.15) is 19.0 Å². The van der Waals surface area contributed by atoms with E-state index in [2.05, 4.69) is 5.10 Å². The molecule has 1 saturated heterocycles. The number of rotatable bonds is 3. The van der Waals surface area contributed by atoms with Crippen LogP contribution in [-0.2, 0) is 16.6 Å². The molecule has 110 valence electrons. The second-order valence-corrected chi connectivity index (χ2v) is 5.36. The number of anilines is 1. The van der Waals surface area contributed by atoms with Gasteiger partial charge in [-0.05, 0) is 20.3 Å². The lowest BCUT2D eigenvalue weighted by Crippen LogP contribution is -2.33. The molecule has 1 aliphatic rings. The van der Waals surface area contributed by atoms with Crippen molar-refractivity contribution in [2.75, 3.05) is 25.1 Å². The highest BCUT2D eigenvalue weighted by atomic mass is 16.6. The summed E-state index contributed by atoms with van der Waals surface area (Å²) in [7, 11) is 3.02. The van der Waals surface area contributed by atoms with Crippen molar-refractivity contribution in [3.63, 3.8) is 0 Å². The molecule has 2 heterocycles. The second kappa shape index (κ2) is 4.77. The Morgan fingerprint density at radius 2 is 2.20 bits per heavy atom. The fourth-order valence-corrected chi connectivity index (χ4v) is 2.76. The zero-order valence-corrected chi connectivity index (χ0v) is 12.0. The maximum absolute atomic E-state index is 11.8. The summed E-state index contributed by atoms with van der Waals surface area (Å²) in [6.07, 6.45) is 0.598. The Morgan fingerprint density at radius 1 is 1.55 bits per heavy atom. The van der Waals surface area contributed by atoms with Gasteiger partial charge < -0.3 is 9.64 Å². The summed E-state index contributed by atoms with van der Waals surface area (Å²) in [6.45, 7) is 4.37. The van der Waals surface area contributed by atoms with E-state index in [-0.39, 0.29) is 11.7 Å². The molecule has 0 N–H and O–H groups in total. The Bertz CT molecular complexity index is 568. The third-order valence-corrected chi connectivity index (χ3v) is 3.79. The third kappa shape index (κ3) is 2.10. The van der Waals surface area contributed by atoms with Crippen molar-refractivity contribution in [2.24, 2.45) is 12.5 Å². The smallest absolute Gasteiger partial charge is 0.333 e. The second-order valence-electron chi connectivity index (χ2n) is 5.36. The minimum Gasteiger partial charge on any atom is -0.469 e. The van der Waals surface area contributed by atoms with E-state index < -0.39 is 10.3 Å². The molecule has 0 bridgehead atoms. The Morgan fingerprint density at radius 3 is 2.75 bits per heavy atom. The molecule has 0 spiro atoms. The largest absolute Gasteiger partial charge is 0.469 e. The van der Waals surface area contributed by atoms with Gasteiger partial charge in [-0.25, -0.2) is 4.68 Å². The van der Waals surface area contributed by atoms with Crippen LogP contribution in [0.3, 0.4) is 0 Å². The Labute approximate surface area is 116 Å². The number of hydrogen-bond donors (Lipinski definition) is 0. The van der Waals surface area contributed by atoms with Gasteiger partial charge in [0.15, 0.2) is 0 Å². The van der Waals surface area contributed by atoms with Crippen LogP contribution in [0.15, 0.2) is 0 Å². The minimum absolute atomic E-state index is 0.00150. The molecule has 1 fully saturated rings. The molecule has 1 aromatic rings. The van der Waals surface area contributed by atoms with Crippen molar-refractivity contribution in [3.8, 4) is 0 Å². The predicted octanol–water partition coefficient (Wildman–Crippen LogP) is 1.03. The third-order valence-electron chi connectivity index (χ3n) is 3.79. The minimum atomic E-state index is -0.638. The predicted molar refractivity (Wildman–Crippen MR) is 71.6 cm³/mol. The fraction of sp³-hybridized carbons (Fsp3) is 0.667. The number of carbonyl (C=O) groups excluding carboxylic acids is 1. The molecular formula is C12H18N4O4. The first kappa shape index (κ1) is 14.3. The molecule has 8 nitrogen and oxygen atoms in total. The first-order chi connectivity index (χ1) is 9.30. The van der Waals surface area contributed by atoms with Crippen LogP contribution in [-0.4, -0.2) is 40.9 Å². The standard InChI is InChI=1S/C12H18N4O4/c1-8-9(16(18)19)10(14(3)13-8)15-6-5-12(2,7-15)11(17)20-4/h5-7H2,1-4H3. The molecule has 1 aliphatic heterocycles. The summed E-state index contributed by atoms with van der Waals surface area (Å²) >= 11 is 0. The van der Waals surface area contributed by atoms with E-state index in [4.69, 9.17) is 4.74 Å². The summed E-state index contributed by atoms with van der Waals surface area (Å²) < 4.78 is 6.31. The van der Waals surface area contributed by atoms with E-state index in [1.165, 1.54) is 11.8 Å². The van der Waals surface area contributed by atoms with E-state index in [1.807, 2.05) is 11.8 Å². The molecular weight excluding hydrogens is 264 g/mol. The van der Waals surface area contributed by atoms with Crippen LogP contribution in [0.5, 0.6) is 0 Å². The SMILES string of the molecule is COC(=O)C1(C)CCN(c2c([N+](=O)[O-])c(C)nn2C)C1. The summed E-state index contributed by atoms with van der Waals surface area (Å²) in [4.78, 5) is 24.4. The van der Waals surface area contributed by atoms with Gasteiger partial charge in [0.25, 0.3) is 0 Å². The number of nitro groups is 1. The molecule has 2 rings (SSSR count). The van der Waals surface area contributed by atoms with Crippen LogP contribution in [0.25, 0.3) is 0 Å². The van der Waals surface area contributed by atoms with Crippen LogP contribution in [0.4, 0.5) is 11.5 Å². The van der Waals surface area contributed by atoms with Gasteiger partial charge in [0.1, 0.15) is 5.69 Å². The number of esters is 1. The monoisotopic (exact) mass is 282 g/mol. The van der Waals surface area contributed by atoms with E-state index in [1.54, 1.807) is 14.0 Å². The maximum atomic E-state index is 11.8. The number of nitrogens with zero attached hydrogens (tertiary/aromatic N) is 4. The first-order valence-electron chi connectivity index (χ1n) is 6.31. The van der Waals surface area contributed by atoms with Gasteiger partial charge in [0.2, 0.25) is 5.82 Å². The summed E-state index contributed by atoms with van der Waals surface area (Å²) in [5.74, 6) is 0.154. The maximum Gasteiger partial charge on any atom is 0.333 e. The zero-order chi connectivity index (χ0) is 15.1. The van der Waals surface area contributed by atoms with Crippen molar-refractivity contribution in [1.82, 2.24) is 9.78 Å². The van der Waals surface area contributed by atoms with Gasteiger partial charge in [-0.3, -0.25) is 14.9 Å². The number of ether oxygens (including phenoxy) is 1. The molecule has 0 saturated carbocycles. The van der Waals surface area contributed by atoms with Crippen molar-refractivity contribution in [1.29, 1.82) is 0 Å². The van der Waals surface area contributed by atoms with Crippen molar-refractivity contribution < 1.29 is 14.5 Å². The number of aryl methyl sites for hydroxylation is 2. The quantitative estimate of drug-likeness (QED) is 0.467. The average Bonchev–Trinajstić information content (AvgIpc) is 2.89. The van der Waals surface area contributed by atoms with Crippen molar-refractivity contribution >= 4 is 17.5 Å². The highest BCUT2D eigenvalue weighted by Gasteiger charge is 2.44. The van der Waals surface area contributed by atoms with Gasteiger partial charge in [0, 0.05) is 20.1 Å². The summed E-state index contributed by atoms with van der Waals surface area (Å²) in [5.41, 5.74) is -0.262. The van der Waals surface area contributed by atoms with Crippen LogP contribution < -0.4 is 4.90 Å². The normalized spacial score (nSPS) is 22.1. The lowest BCUT2D eigenvalue weighted by molar-refractivity contribution is -0.384. The highest BCUT2D eigenvalue weighted by molar-refractivity contribution is 5.78. The summed E-state index contributed by atoms with van der Waals surface area (Å²) in [6, 6.07) is 0. The molecule has 0 amide bonds. The van der Waals surface area contributed by atoms with Crippen molar-refractivity contribution in [3.05, 3.63) is 15.8 Å². The fourth-order valence-electron chi connectivity index (χ4n) is 2.76. The molecule has 1 atom stereocenters. The van der Waals surface area contributed by atoms with Crippen molar-refractivity contribution in [2.45, 2.75) is 20.3 Å². The number of methoxy groups -OCH3 is 1. The van der Waals surface area contributed by atoms with E-state index in [9.17, 15) is 14.9 Å². The summed E-state index contributed by atoms with van der Waals surface area (Å²) in [5, 5.41) is 15.3. The highest BCUT2D eigenvalue weighted by Crippen LogP contribution is 2.38. The topological polar surface area (TPSA) is 90.5 Å². The average molecular weight is 282 g/mol. The molecule has 1 unspecified atom stereocenters. The number of aromatic nitrogens is 2. The van der Waals surface area contributed by atoms with Gasteiger partial charge in [-0.2, -0.15) is 5.10 Å². The molecule has 0 radical (unpaired) electrons. The van der Waals surface area contributed by atoms with Gasteiger partial charge in [-0.1, -0.05) is 0 Å². The zero-order valence-electron chi connectivity index (χ0n) is 12.0. The molecule has 0 aromatic carbocycles. The van der Waals surface area contributed by atoms with Gasteiger partial charge in [0.05, 0.1) is 17.4 Å². The van der Waals surface area contributed by atoms with Crippen LogP contribution >= 0.6 is 0 Å². The number of hydrogen-bond acceptors (Lipinski definition) is 6. The van der Waals surface area contributed by atoms with Gasteiger partial charge in [-0.15, -0.1) is 0 Å². The van der Waals surface area contributed by atoms with Crippen LogP contribution in [0, 0.1) is 22.5 Å². The Balaban J connectivity index is 2.36. The molecule has 8 heteroatoms. The van der Waals surface area contributed by atoms with E-state index in [0.717, 1.165) is 0 Å². The molecule has 1 aromatic heterocycles. The Hall–Kier alpha value is -2.12. The van der Waals surface area contributed by atoms with Gasteiger partial charge >= 0.3 is 11.7 Å². The first-order valence-corrected chi connectivity index (χ1v) is 6.31. The lowest BCUT2D eigenvalue weighted by Gasteiger charge is -2.22. The number of carbonyl (C=O) groups is 1. The molecule has 0 aliphatic carbocycles.